The number of hydrogen-bond donors (Lipinski definition) is 2. The molecule has 0 saturated carbocycles. The second kappa shape index (κ2) is 7.99. The average Bonchev–Trinajstić information content (AvgIpc) is 3.00. The van der Waals surface area contributed by atoms with Gasteiger partial charge in [0.2, 0.25) is 5.91 Å². The number of hydrogen-bond acceptors (Lipinski definition) is 2. The second-order valence-corrected chi connectivity index (χ2v) is 6.18. The summed E-state index contributed by atoms with van der Waals surface area (Å²) in [6, 6.07) is 6.75. The van der Waals surface area contributed by atoms with Crippen LogP contribution in [0.5, 0.6) is 0 Å². The van der Waals surface area contributed by atoms with E-state index in [9.17, 15) is 4.79 Å². The van der Waals surface area contributed by atoms with E-state index < -0.39 is 0 Å². The molecule has 1 aliphatic rings. The van der Waals surface area contributed by atoms with Gasteiger partial charge >= 0.3 is 0 Å². The first kappa shape index (κ1) is 17.3. The lowest BCUT2D eigenvalue weighted by molar-refractivity contribution is -0.129. The van der Waals surface area contributed by atoms with Crippen LogP contribution < -0.4 is 10.6 Å². The Morgan fingerprint density at radius 2 is 2.17 bits per heavy atom. The smallest absolute Gasteiger partial charge is 0.222 e. The summed E-state index contributed by atoms with van der Waals surface area (Å²) in [4.78, 5) is 18.0. The first-order valence-corrected chi connectivity index (χ1v) is 8.34. The largest absolute Gasteiger partial charge is 0.352 e. The molecule has 1 heterocycles. The van der Waals surface area contributed by atoms with E-state index in [1.807, 2.05) is 11.8 Å². The van der Waals surface area contributed by atoms with Crippen molar-refractivity contribution in [1.82, 2.24) is 15.5 Å². The minimum Gasteiger partial charge on any atom is -0.352 e. The first-order valence-electron chi connectivity index (χ1n) is 8.34. The van der Waals surface area contributed by atoms with E-state index >= 15 is 0 Å². The topological polar surface area (TPSA) is 56.7 Å². The third kappa shape index (κ3) is 4.71. The van der Waals surface area contributed by atoms with Crippen LogP contribution in [-0.2, 0) is 11.3 Å². The quantitative estimate of drug-likeness (QED) is 0.660. The summed E-state index contributed by atoms with van der Waals surface area (Å²) in [5.74, 6) is 1.02. The molecule has 1 aliphatic heterocycles. The molecule has 0 spiro atoms. The van der Waals surface area contributed by atoms with Gasteiger partial charge in [-0.15, -0.1) is 0 Å². The number of benzene rings is 1. The maximum absolute atomic E-state index is 11.7. The highest BCUT2D eigenvalue weighted by Gasteiger charge is 2.25. The normalized spacial score (nSPS) is 18.2. The van der Waals surface area contributed by atoms with Crippen molar-refractivity contribution in [3.63, 3.8) is 0 Å². The summed E-state index contributed by atoms with van der Waals surface area (Å²) in [5.41, 5.74) is 3.83. The van der Waals surface area contributed by atoms with Crippen molar-refractivity contribution >= 4 is 11.9 Å². The second-order valence-electron chi connectivity index (χ2n) is 6.18. The molecule has 1 saturated heterocycles. The number of carbonyl (C=O) groups excluding carboxylic acids is 1. The van der Waals surface area contributed by atoms with Crippen molar-refractivity contribution in [2.75, 3.05) is 20.1 Å². The number of aryl methyl sites for hydroxylation is 2. The zero-order chi connectivity index (χ0) is 16.8. The third-order valence-corrected chi connectivity index (χ3v) is 4.35. The maximum Gasteiger partial charge on any atom is 0.222 e. The van der Waals surface area contributed by atoms with Crippen LogP contribution in [-0.4, -0.2) is 42.9 Å². The molecule has 5 nitrogen and oxygen atoms in total. The molecule has 1 amide bonds. The third-order valence-electron chi connectivity index (χ3n) is 4.35. The molecule has 1 aromatic carbocycles. The molecule has 0 aromatic heterocycles. The van der Waals surface area contributed by atoms with Crippen LogP contribution in [0, 0.1) is 13.8 Å². The minimum absolute atomic E-state index is 0.229. The first-order chi connectivity index (χ1) is 11.0. The van der Waals surface area contributed by atoms with Crippen LogP contribution in [0.15, 0.2) is 23.2 Å². The molecule has 2 rings (SSSR count). The number of guanidine groups is 1. The molecule has 1 atom stereocenters. The van der Waals surface area contributed by atoms with E-state index in [2.05, 4.69) is 47.7 Å². The van der Waals surface area contributed by atoms with E-state index in [-0.39, 0.29) is 11.9 Å². The molecule has 5 heteroatoms. The van der Waals surface area contributed by atoms with Crippen molar-refractivity contribution in [3.05, 3.63) is 34.9 Å². The molecule has 2 N–H and O–H groups in total. The van der Waals surface area contributed by atoms with Gasteiger partial charge in [0.15, 0.2) is 5.96 Å². The predicted molar refractivity (Wildman–Crippen MR) is 94.5 cm³/mol. The number of aliphatic imine (C=N–C) groups is 1. The minimum atomic E-state index is 0.229. The summed E-state index contributed by atoms with van der Waals surface area (Å²) in [6.45, 7) is 8.48. The molecule has 0 aliphatic carbocycles. The van der Waals surface area contributed by atoms with Crippen LogP contribution in [0.25, 0.3) is 0 Å². The van der Waals surface area contributed by atoms with Crippen LogP contribution in [0.1, 0.15) is 36.5 Å². The summed E-state index contributed by atoms with van der Waals surface area (Å²) < 4.78 is 0. The van der Waals surface area contributed by atoms with Crippen LogP contribution in [0.4, 0.5) is 0 Å². The van der Waals surface area contributed by atoms with Gasteiger partial charge in [0.05, 0.1) is 0 Å². The van der Waals surface area contributed by atoms with Gasteiger partial charge in [0, 0.05) is 39.1 Å². The summed E-state index contributed by atoms with van der Waals surface area (Å²) in [6.07, 6.45) is 1.54. The van der Waals surface area contributed by atoms with Crippen molar-refractivity contribution in [2.45, 2.75) is 46.2 Å². The fraction of sp³-hybridized carbons (Fsp3) is 0.556. The number of rotatable bonds is 4. The van der Waals surface area contributed by atoms with Crippen LogP contribution in [0.2, 0.25) is 0 Å². The molecule has 23 heavy (non-hydrogen) atoms. The number of nitrogens with zero attached hydrogens (tertiary/aromatic N) is 2. The molecular weight excluding hydrogens is 288 g/mol. The zero-order valence-electron chi connectivity index (χ0n) is 14.6. The van der Waals surface area contributed by atoms with E-state index in [0.717, 1.165) is 32.0 Å². The SMILES string of the molecule is CCC(=O)N1CCC(NC(=NC)NCc2ccc(C)cc2C)C1. The van der Waals surface area contributed by atoms with E-state index in [4.69, 9.17) is 0 Å². The Hall–Kier alpha value is -2.04. The number of carbonyl (C=O) groups is 1. The van der Waals surface area contributed by atoms with E-state index in [0.29, 0.717) is 6.42 Å². The van der Waals surface area contributed by atoms with Crippen molar-refractivity contribution in [3.8, 4) is 0 Å². The Morgan fingerprint density at radius 1 is 1.39 bits per heavy atom. The van der Waals surface area contributed by atoms with Crippen LogP contribution in [0.3, 0.4) is 0 Å². The highest BCUT2D eigenvalue weighted by atomic mass is 16.2. The van der Waals surface area contributed by atoms with Gasteiger partial charge in [-0.05, 0) is 31.4 Å². The van der Waals surface area contributed by atoms with Gasteiger partial charge in [-0.25, -0.2) is 0 Å². The van der Waals surface area contributed by atoms with E-state index in [1.165, 1.54) is 16.7 Å². The Bertz CT molecular complexity index is 582. The Balaban J connectivity index is 1.86. The maximum atomic E-state index is 11.7. The fourth-order valence-corrected chi connectivity index (χ4v) is 2.94. The number of amides is 1. The molecule has 1 fully saturated rings. The molecule has 0 bridgehead atoms. The standard InChI is InChI=1S/C18H28N4O/c1-5-17(23)22-9-8-16(12-22)21-18(19-4)20-11-15-7-6-13(2)10-14(15)3/h6-7,10,16H,5,8-9,11-12H2,1-4H3,(H2,19,20,21). The molecule has 126 valence electrons. The van der Waals surface area contributed by atoms with Crippen molar-refractivity contribution < 1.29 is 4.79 Å². The Kier molecular flexibility index (Phi) is 6.02. The molecule has 0 radical (unpaired) electrons. The Labute approximate surface area is 139 Å². The number of likely N-dealkylation sites (tertiary alicyclic amines) is 1. The highest BCUT2D eigenvalue weighted by Crippen LogP contribution is 2.11. The van der Waals surface area contributed by atoms with Crippen molar-refractivity contribution in [2.24, 2.45) is 4.99 Å². The fourth-order valence-electron chi connectivity index (χ4n) is 2.94. The lowest BCUT2D eigenvalue weighted by Gasteiger charge is -2.19. The number of nitrogens with one attached hydrogen (secondary N) is 2. The van der Waals surface area contributed by atoms with Crippen molar-refractivity contribution in [1.29, 1.82) is 0 Å². The molecule has 1 aromatic rings. The highest BCUT2D eigenvalue weighted by molar-refractivity contribution is 5.80. The predicted octanol–water partition coefficient (Wildman–Crippen LogP) is 1.98. The van der Waals surface area contributed by atoms with Gasteiger partial charge in [-0.2, -0.15) is 0 Å². The van der Waals surface area contributed by atoms with E-state index in [1.54, 1.807) is 7.05 Å². The van der Waals surface area contributed by atoms with Crippen LogP contribution >= 0.6 is 0 Å². The zero-order valence-corrected chi connectivity index (χ0v) is 14.6. The lowest BCUT2D eigenvalue weighted by Crippen LogP contribution is -2.44. The summed E-state index contributed by atoms with van der Waals surface area (Å²) in [7, 11) is 1.78. The van der Waals surface area contributed by atoms with Gasteiger partial charge in [0.1, 0.15) is 0 Å². The summed E-state index contributed by atoms with van der Waals surface area (Å²) >= 11 is 0. The monoisotopic (exact) mass is 316 g/mol. The van der Waals surface area contributed by atoms with Gasteiger partial charge < -0.3 is 15.5 Å². The molecule has 1 unspecified atom stereocenters. The molecular formula is C18H28N4O. The summed E-state index contributed by atoms with van der Waals surface area (Å²) in [5, 5.41) is 6.79. The Morgan fingerprint density at radius 3 is 2.83 bits per heavy atom. The lowest BCUT2D eigenvalue weighted by atomic mass is 10.1. The average molecular weight is 316 g/mol. The van der Waals surface area contributed by atoms with Gasteiger partial charge in [-0.3, -0.25) is 9.79 Å². The van der Waals surface area contributed by atoms with Gasteiger partial charge in [-0.1, -0.05) is 30.7 Å². The van der Waals surface area contributed by atoms with Gasteiger partial charge in [0.25, 0.3) is 0 Å².